The SMILES string of the molecule is COc1cccc(OC)c1C(=O)NCCc1ccccc1F. The van der Waals surface area contributed by atoms with Crippen LogP contribution in [0.25, 0.3) is 0 Å². The number of hydrogen-bond acceptors (Lipinski definition) is 3. The lowest BCUT2D eigenvalue weighted by Crippen LogP contribution is -2.26. The van der Waals surface area contributed by atoms with Gasteiger partial charge in [0.25, 0.3) is 5.91 Å². The molecule has 1 amide bonds. The number of halogens is 1. The number of benzene rings is 2. The van der Waals surface area contributed by atoms with Crippen molar-refractivity contribution in [2.24, 2.45) is 0 Å². The Kier molecular flexibility index (Phi) is 5.36. The second-order valence-corrected chi connectivity index (χ2v) is 4.63. The fourth-order valence-electron chi connectivity index (χ4n) is 2.18. The number of methoxy groups -OCH3 is 2. The predicted molar refractivity (Wildman–Crippen MR) is 82.0 cm³/mol. The van der Waals surface area contributed by atoms with Crippen molar-refractivity contribution in [3.05, 3.63) is 59.4 Å². The van der Waals surface area contributed by atoms with Crippen LogP contribution in [0.15, 0.2) is 42.5 Å². The van der Waals surface area contributed by atoms with E-state index < -0.39 is 0 Å². The average Bonchev–Trinajstić information content (AvgIpc) is 2.55. The molecule has 2 aromatic rings. The molecular formula is C17H18FNO3. The van der Waals surface area contributed by atoms with Crippen molar-refractivity contribution in [2.45, 2.75) is 6.42 Å². The highest BCUT2D eigenvalue weighted by Crippen LogP contribution is 2.27. The topological polar surface area (TPSA) is 47.6 Å². The summed E-state index contributed by atoms with van der Waals surface area (Å²) in [4.78, 5) is 12.3. The zero-order valence-corrected chi connectivity index (χ0v) is 12.6. The molecule has 4 nitrogen and oxygen atoms in total. The van der Waals surface area contributed by atoms with Gasteiger partial charge < -0.3 is 14.8 Å². The quantitative estimate of drug-likeness (QED) is 0.892. The third-order valence-corrected chi connectivity index (χ3v) is 3.29. The first-order valence-electron chi connectivity index (χ1n) is 6.90. The maximum absolute atomic E-state index is 13.5. The van der Waals surface area contributed by atoms with Crippen molar-refractivity contribution in [3.63, 3.8) is 0 Å². The number of amides is 1. The van der Waals surface area contributed by atoms with Crippen LogP contribution in [0.3, 0.4) is 0 Å². The van der Waals surface area contributed by atoms with E-state index in [1.807, 2.05) is 0 Å². The summed E-state index contributed by atoms with van der Waals surface area (Å²) < 4.78 is 23.9. The van der Waals surface area contributed by atoms with E-state index in [0.717, 1.165) is 0 Å². The smallest absolute Gasteiger partial charge is 0.258 e. The molecule has 2 aromatic carbocycles. The number of carbonyl (C=O) groups excluding carboxylic acids is 1. The van der Waals surface area contributed by atoms with Gasteiger partial charge in [-0.1, -0.05) is 24.3 Å². The van der Waals surface area contributed by atoms with Crippen LogP contribution < -0.4 is 14.8 Å². The molecule has 0 radical (unpaired) electrons. The second kappa shape index (κ2) is 7.45. The third-order valence-electron chi connectivity index (χ3n) is 3.29. The van der Waals surface area contributed by atoms with Crippen molar-refractivity contribution >= 4 is 5.91 Å². The second-order valence-electron chi connectivity index (χ2n) is 4.63. The van der Waals surface area contributed by atoms with Gasteiger partial charge in [-0.3, -0.25) is 4.79 Å². The Morgan fingerprint density at radius 1 is 1.05 bits per heavy atom. The summed E-state index contributed by atoms with van der Waals surface area (Å²) in [6.07, 6.45) is 0.413. The Labute approximate surface area is 128 Å². The molecule has 5 heteroatoms. The molecule has 0 atom stereocenters. The summed E-state index contributed by atoms with van der Waals surface area (Å²) >= 11 is 0. The molecule has 2 rings (SSSR count). The zero-order chi connectivity index (χ0) is 15.9. The molecule has 0 unspecified atom stereocenters. The van der Waals surface area contributed by atoms with Crippen LogP contribution in [0.1, 0.15) is 15.9 Å². The van der Waals surface area contributed by atoms with E-state index in [1.165, 1.54) is 20.3 Å². The van der Waals surface area contributed by atoms with Gasteiger partial charge in [-0.2, -0.15) is 0 Å². The Morgan fingerprint density at radius 2 is 1.68 bits per heavy atom. The van der Waals surface area contributed by atoms with Crippen LogP contribution in [-0.2, 0) is 6.42 Å². The normalized spacial score (nSPS) is 10.1. The van der Waals surface area contributed by atoms with Crippen LogP contribution in [0, 0.1) is 5.82 Å². The first-order valence-corrected chi connectivity index (χ1v) is 6.90. The Balaban J connectivity index is 2.05. The molecule has 1 N–H and O–H groups in total. The summed E-state index contributed by atoms with van der Waals surface area (Å²) in [5, 5.41) is 2.76. The molecule has 116 valence electrons. The van der Waals surface area contributed by atoms with Gasteiger partial charge in [-0.25, -0.2) is 4.39 Å². The fraction of sp³-hybridized carbons (Fsp3) is 0.235. The maximum Gasteiger partial charge on any atom is 0.258 e. The van der Waals surface area contributed by atoms with Crippen LogP contribution >= 0.6 is 0 Å². The van der Waals surface area contributed by atoms with Crippen LogP contribution in [-0.4, -0.2) is 26.7 Å². The number of hydrogen-bond donors (Lipinski definition) is 1. The van der Waals surface area contributed by atoms with Gasteiger partial charge in [0.2, 0.25) is 0 Å². The van der Waals surface area contributed by atoms with E-state index in [0.29, 0.717) is 35.6 Å². The molecule has 0 fully saturated rings. The van der Waals surface area contributed by atoms with Crippen molar-refractivity contribution in [1.29, 1.82) is 0 Å². The van der Waals surface area contributed by atoms with E-state index in [-0.39, 0.29) is 11.7 Å². The zero-order valence-electron chi connectivity index (χ0n) is 12.6. The molecule has 0 saturated heterocycles. The summed E-state index contributed by atoms with van der Waals surface area (Å²) in [6.45, 7) is 0.320. The lowest BCUT2D eigenvalue weighted by atomic mass is 10.1. The largest absolute Gasteiger partial charge is 0.496 e. The minimum atomic E-state index is -0.314. The Bertz CT molecular complexity index is 636. The van der Waals surface area contributed by atoms with Crippen LogP contribution in [0.2, 0.25) is 0 Å². The molecule has 0 aromatic heterocycles. The molecule has 0 aliphatic rings. The van der Waals surface area contributed by atoms with Crippen molar-refractivity contribution < 1.29 is 18.7 Å². The number of nitrogens with one attached hydrogen (secondary N) is 1. The Hall–Kier alpha value is -2.56. The molecule has 0 bridgehead atoms. The van der Waals surface area contributed by atoms with Gasteiger partial charge in [-0.15, -0.1) is 0 Å². The molecular weight excluding hydrogens is 285 g/mol. The van der Waals surface area contributed by atoms with Gasteiger partial charge in [0.1, 0.15) is 22.9 Å². The third kappa shape index (κ3) is 3.55. The van der Waals surface area contributed by atoms with Crippen molar-refractivity contribution in [1.82, 2.24) is 5.32 Å². The molecule has 0 aliphatic carbocycles. The first kappa shape index (κ1) is 15.8. The first-order chi connectivity index (χ1) is 10.7. The summed E-state index contributed by atoms with van der Waals surface area (Å²) in [5.41, 5.74) is 0.899. The predicted octanol–water partition coefficient (Wildman–Crippen LogP) is 2.82. The van der Waals surface area contributed by atoms with E-state index in [4.69, 9.17) is 9.47 Å². The van der Waals surface area contributed by atoms with E-state index >= 15 is 0 Å². The average molecular weight is 303 g/mol. The number of ether oxygens (including phenoxy) is 2. The molecule has 0 saturated carbocycles. The highest BCUT2D eigenvalue weighted by molar-refractivity contribution is 5.99. The van der Waals surface area contributed by atoms with E-state index in [1.54, 1.807) is 36.4 Å². The number of rotatable bonds is 6. The van der Waals surface area contributed by atoms with Gasteiger partial charge in [-0.05, 0) is 30.2 Å². The summed E-state index contributed by atoms with van der Waals surface area (Å²) in [5.74, 6) is 0.280. The van der Waals surface area contributed by atoms with Crippen molar-refractivity contribution in [3.8, 4) is 11.5 Å². The van der Waals surface area contributed by atoms with Crippen LogP contribution in [0.4, 0.5) is 4.39 Å². The highest BCUT2D eigenvalue weighted by atomic mass is 19.1. The minimum Gasteiger partial charge on any atom is -0.496 e. The maximum atomic E-state index is 13.5. The number of carbonyl (C=O) groups is 1. The molecule has 0 aliphatic heterocycles. The van der Waals surface area contributed by atoms with Gasteiger partial charge in [0, 0.05) is 6.54 Å². The summed E-state index contributed by atoms with van der Waals surface area (Å²) in [7, 11) is 2.98. The van der Waals surface area contributed by atoms with Crippen LogP contribution in [0.5, 0.6) is 11.5 Å². The van der Waals surface area contributed by atoms with E-state index in [2.05, 4.69) is 5.32 Å². The summed E-state index contributed by atoms with van der Waals surface area (Å²) in [6, 6.07) is 11.6. The standard InChI is InChI=1S/C17H18FNO3/c1-21-14-8-5-9-15(22-2)16(14)17(20)19-11-10-12-6-3-4-7-13(12)18/h3-9H,10-11H2,1-2H3,(H,19,20). The monoisotopic (exact) mass is 303 g/mol. The lowest BCUT2D eigenvalue weighted by molar-refractivity contribution is 0.0947. The van der Waals surface area contributed by atoms with Crippen molar-refractivity contribution in [2.75, 3.05) is 20.8 Å². The molecule has 0 heterocycles. The van der Waals surface area contributed by atoms with Gasteiger partial charge >= 0.3 is 0 Å². The minimum absolute atomic E-state index is 0.272. The van der Waals surface area contributed by atoms with E-state index in [9.17, 15) is 9.18 Å². The fourth-order valence-corrected chi connectivity index (χ4v) is 2.18. The molecule has 22 heavy (non-hydrogen) atoms. The highest BCUT2D eigenvalue weighted by Gasteiger charge is 2.17. The lowest BCUT2D eigenvalue weighted by Gasteiger charge is -2.13. The molecule has 0 spiro atoms. The Morgan fingerprint density at radius 3 is 2.27 bits per heavy atom. The van der Waals surface area contributed by atoms with Gasteiger partial charge in [0.15, 0.2) is 0 Å². The van der Waals surface area contributed by atoms with Gasteiger partial charge in [0.05, 0.1) is 14.2 Å².